The molecule has 1 aromatic carbocycles. The molecule has 0 spiro atoms. The number of hydrogen-bond donors (Lipinski definition) is 0. The maximum Gasteiger partial charge on any atom is 0.293 e. The first-order chi connectivity index (χ1) is 13.3. The Labute approximate surface area is 155 Å². The van der Waals surface area contributed by atoms with Crippen LogP contribution in [0.2, 0.25) is 0 Å². The second-order valence-corrected chi connectivity index (χ2v) is 6.62. The first kappa shape index (κ1) is 16.2. The van der Waals surface area contributed by atoms with Gasteiger partial charge in [-0.1, -0.05) is 5.16 Å². The summed E-state index contributed by atoms with van der Waals surface area (Å²) in [6.07, 6.45) is 1.82. The topological polar surface area (TPSA) is 82.4 Å². The lowest BCUT2D eigenvalue weighted by Crippen LogP contribution is -2.35. The molecule has 1 aliphatic rings. The van der Waals surface area contributed by atoms with Crippen LogP contribution in [0.5, 0.6) is 0 Å². The first-order valence-electron chi connectivity index (χ1n) is 8.91. The predicted molar refractivity (Wildman–Crippen MR) is 97.8 cm³/mol. The summed E-state index contributed by atoms with van der Waals surface area (Å²) in [5.41, 5.74) is 1.94. The van der Waals surface area contributed by atoms with Gasteiger partial charge in [0.25, 0.3) is 5.89 Å². The van der Waals surface area contributed by atoms with E-state index in [-0.39, 0.29) is 0 Å². The summed E-state index contributed by atoms with van der Waals surface area (Å²) in [5.74, 6) is 2.37. The molecule has 0 radical (unpaired) electrons. The quantitative estimate of drug-likeness (QED) is 0.550. The molecule has 0 unspecified atom stereocenters. The number of nitrogens with zero attached hydrogens (tertiary/aromatic N) is 5. The smallest absolute Gasteiger partial charge is 0.293 e. The fraction of sp³-hybridized carbons (Fsp3) is 0.316. The fourth-order valence-corrected chi connectivity index (χ4v) is 3.30. The van der Waals surface area contributed by atoms with Gasteiger partial charge < -0.3 is 13.7 Å². The number of morpholine rings is 1. The van der Waals surface area contributed by atoms with E-state index in [1.54, 1.807) is 0 Å². The molecule has 1 aliphatic heterocycles. The largest absolute Gasteiger partial charge is 0.455 e. The molecule has 8 heteroatoms. The minimum absolute atomic E-state index is 0.379. The molecule has 0 saturated carbocycles. The van der Waals surface area contributed by atoms with Gasteiger partial charge in [-0.05, 0) is 30.3 Å². The van der Waals surface area contributed by atoms with Gasteiger partial charge in [0, 0.05) is 31.1 Å². The third-order valence-electron chi connectivity index (χ3n) is 4.79. The molecule has 8 nitrogen and oxygen atoms in total. The Bertz CT molecular complexity index is 1070. The average Bonchev–Trinajstić information content (AvgIpc) is 3.43. The van der Waals surface area contributed by atoms with Crippen molar-refractivity contribution in [2.75, 3.05) is 26.3 Å². The number of hydrogen-bond acceptors (Lipinski definition) is 7. The minimum atomic E-state index is 0.379. The molecule has 4 aromatic rings. The maximum atomic E-state index is 5.90. The molecule has 4 heterocycles. The number of aryl methyl sites for hydroxylation is 1. The molecule has 1 saturated heterocycles. The van der Waals surface area contributed by atoms with Crippen molar-refractivity contribution in [3.8, 4) is 23.0 Å². The van der Waals surface area contributed by atoms with Crippen molar-refractivity contribution in [2.45, 2.75) is 6.54 Å². The van der Waals surface area contributed by atoms with Gasteiger partial charge in [-0.25, -0.2) is 0 Å². The van der Waals surface area contributed by atoms with Gasteiger partial charge in [-0.3, -0.25) is 9.58 Å². The summed E-state index contributed by atoms with van der Waals surface area (Å²) >= 11 is 0. The van der Waals surface area contributed by atoms with E-state index < -0.39 is 0 Å². The molecular formula is C19H19N5O3. The van der Waals surface area contributed by atoms with E-state index in [0.717, 1.165) is 55.1 Å². The van der Waals surface area contributed by atoms with E-state index in [9.17, 15) is 0 Å². The lowest BCUT2D eigenvalue weighted by atomic mass is 10.1. The van der Waals surface area contributed by atoms with Crippen molar-refractivity contribution < 1.29 is 13.7 Å². The molecule has 3 aromatic heterocycles. The highest BCUT2D eigenvalue weighted by Crippen LogP contribution is 2.26. The molecule has 0 atom stereocenters. The molecule has 0 bridgehead atoms. The first-order valence-corrected chi connectivity index (χ1v) is 8.91. The van der Waals surface area contributed by atoms with Crippen LogP contribution in [0, 0.1) is 0 Å². The summed E-state index contributed by atoms with van der Waals surface area (Å²) in [4.78, 5) is 6.79. The van der Waals surface area contributed by atoms with Gasteiger partial charge in [0.05, 0.1) is 31.5 Å². The van der Waals surface area contributed by atoms with Crippen molar-refractivity contribution in [1.82, 2.24) is 24.8 Å². The lowest BCUT2D eigenvalue weighted by molar-refractivity contribution is 0.0314. The number of ether oxygens (including phenoxy) is 1. The van der Waals surface area contributed by atoms with Crippen molar-refractivity contribution >= 4 is 10.9 Å². The van der Waals surface area contributed by atoms with Crippen LogP contribution in [0.1, 0.15) is 5.76 Å². The Morgan fingerprint density at radius 3 is 2.89 bits per heavy atom. The van der Waals surface area contributed by atoms with E-state index >= 15 is 0 Å². The lowest BCUT2D eigenvalue weighted by Gasteiger charge is -2.25. The third kappa shape index (κ3) is 3.13. The average molecular weight is 365 g/mol. The van der Waals surface area contributed by atoms with Gasteiger partial charge in [0.2, 0.25) is 5.82 Å². The van der Waals surface area contributed by atoms with Crippen LogP contribution in [-0.2, 0) is 18.3 Å². The van der Waals surface area contributed by atoms with Crippen LogP contribution in [0.15, 0.2) is 45.5 Å². The number of fused-ring (bicyclic) bond motifs is 1. The Morgan fingerprint density at radius 2 is 2.00 bits per heavy atom. The Hall–Kier alpha value is -2.97. The molecule has 27 heavy (non-hydrogen) atoms. The number of aromatic nitrogens is 4. The zero-order valence-electron chi connectivity index (χ0n) is 15.0. The molecule has 0 aliphatic carbocycles. The van der Waals surface area contributed by atoms with Crippen LogP contribution >= 0.6 is 0 Å². The molecule has 5 rings (SSSR count). The van der Waals surface area contributed by atoms with Gasteiger partial charge >= 0.3 is 0 Å². The van der Waals surface area contributed by atoms with Crippen LogP contribution in [0.4, 0.5) is 0 Å². The molecule has 138 valence electrons. The summed E-state index contributed by atoms with van der Waals surface area (Å²) < 4.78 is 18.5. The van der Waals surface area contributed by atoms with Gasteiger partial charge in [-0.15, -0.1) is 0 Å². The van der Waals surface area contributed by atoms with Gasteiger partial charge in [0.15, 0.2) is 5.76 Å². The summed E-state index contributed by atoms with van der Waals surface area (Å²) in [5, 5.41) is 9.40. The summed E-state index contributed by atoms with van der Waals surface area (Å²) in [6, 6.07) is 9.79. The van der Waals surface area contributed by atoms with Crippen LogP contribution < -0.4 is 0 Å². The highest BCUT2D eigenvalue weighted by molar-refractivity contribution is 5.83. The second kappa shape index (κ2) is 6.64. The van der Waals surface area contributed by atoms with E-state index in [4.69, 9.17) is 13.7 Å². The monoisotopic (exact) mass is 365 g/mol. The Morgan fingerprint density at radius 1 is 1.11 bits per heavy atom. The van der Waals surface area contributed by atoms with Crippen molar-refractivity contribution in [2.24, 2.45) is 7.05 Å². The van der Waals surface area contributed by atoms with Crippen LogP contribution in [-0.4, -0.2) is 51.1 Å². The molecule has 1 fully saturated rings. The minimum Gasteiger partial charge on any atom is -0.455 e. The van der Waals surface area contributed by atoms with E-state index in [1.165, 1.54) is 0 Å². The van der Waals surface area contributed by atoms with Crippen molar-refractivity contribution in [3.63, 3.8) is 0 Å². The zero-order chi connectivity index (χ0) is 18.2. The SMILES string of the molecule is Cn1ncc2cc(-c3noc(-c4ccc(CN5CCOCC5)o4)n3)ccc21. The Kier molecular flexibility index (Phi) is 3.99. The number of furan rings is 1. The highest BCUT2D eigenvalue weighted by atomic mass is 16.5. The maximum absolute atomic E-state index is 5.90. The van der Waals surface area contributed by atoms with E-state index in [2.05, 4.69) is 20.1 Å². The molecule has 0 amide bonds. The van der Waals surface area contributed by atoms with Gasteiger partial charge in [0.1, 0.15) is 5.76 Å². The summed E-state index contributed by atoms with van der Waals surface area (Å²) in [7, 11) is 1.92. The van der Waals surface area contributed by atoms with E-state index in [0.29, 0.717) is 17.5 Å². The zero-order valence-corrected chi connectivity index (χ0v) is 15.0. The van der Waals surface area contributed by atoms with Gasteiger partial charge in [-0.2, -0.15) is 10.1 Å². The number of benzene rings is 1. The van der Waals surface area contributed by atoms with Crippen LogP contribution in [0.3, 0.4) is 0 Å². The normalized spacial score (nSPS) is 15.6. The fourth-order valence-electron chi connectivity index (χ4n) is 3.30. The molecule has 0 N–H and O–H groups in total. The third-order valence-corrected chi connectivity index (χ3v) is 4.79. The Balaban J connectivity index is 1.36. The van der Waals surface area contributed by atoms with Crippen LogP contribution in [0.25, 0.3) is 33.9 Å². The second-order valence-electron chi connectivity index (χ2n) is 6.62. The highest BCUT2D eigenvalue weighted by Gasteiger charge is 2.17. The standard InChI is InChI=1S/C19H19N5O3/c1-23-16-4-2-13(10-14(16)11-20-23)18-21-19(27-22-18)17-5-3-15(26-17)12-24-6-8-25-9-7-24/h2-5,10-11H,6-9,12H2,1H3. The van der Waals surface area contributed by atoms with Crippen molar-refractivity contribution in [3.05, 3.63) is 42.3 Å². The van der Waals surface area contributed by atoms with E-state index in [1.807, 2.05) is 48.3 Å². The van der Waals surface area contributed by atoms with Crippen molar-refractivity contribution in [1.29, 1.82) is 0 Å². The predicted octanol–water partition coefficient (Wildman–Crippen LogP) is 2.72. The molecular weight excluding hydrogens is 346 g/mol. The summed E-state index contributed by atoms with van der Waals surface area (Å²) in [6.45, 7) is 4.11. The number of rotatable bonds is 4.